The van der Waals surface area contributed by atoms with E-state index in [4.69, 9.17) is 9.47 Å². The Bertz CT molecular complexity index is 657. The molecular formula is C18H18O3. The van der Waals surface area contributed by atoms with Crippen LogP contribution in [-0.4, -0.2) is 20.0 Å². The van der Waals surface area contributed by atoms with Crippen LogP contribution in [0.3, 0.4) is 0 Å². The quantitative estimate of drug-likeness (QED) is 0.786. The molecule has 1 aliphatic rings. The number of ketones is 1. The molecule has 0 radical (unpaired) electrons. The van der Waals surface area contributed by atoms with Crippen LogP contribution in [0.25, 0.3) is 0 Å². The monoisotopic (exact) mass is 282 g/mol. The van der Waals surface area contributed by atoms with Crippen LogP contribution < -0.4 is 9.47 Å². The van der Waals surface area contributed by atoms with Crippen molar-refractivity contribution in [2.75, 3.05) is 14.2 Å². The zero-order valence-corrected chi connectivity index (χ0v) is 12.3. The summed E-state index contributed by atoms with van der Waals surface area (Å²) < 4.78 is 10.6. The molecule has 108 valence electrons. The van der Waals surface area contributed by atoms with E-state index in [0.717, 1.165) is 18.4 Å². The highest BCUT2D eigenvalue weighted by Crippen LogP contribution is 2.51. The van der Waals surface area contributed by atoms with Crippen LogP contribution in [0.4, 0.5) is 0 Å². The third kappa shape index (κ3) is 2.29. The molecule has 21 heavy (non-hydrogen) atoms. The predicted molar refractivity (Wildman–Crippen MR) is 81.2 cm³/mol. The second-order valence-electron chi connectivity index (χ2n) is 5.34. The highest BCUT2D eigenvalue weighted by Gasteiger charge is 2.51. The number of methoxy groups -OCH3 is 2. The van der Waals surface area contributed by atoms with Gasteiger partial charge in [0.25, 0.3) is 0 Å². The van der Waals surface area contributed by atoms with Crippen LogP contribution in [0.15, 0.2) is 48.5 Å². The van der Waals surface area contributed by atoms with E-state index in [-0.39, 0.29) is 11.2 Å². The summed E-state index contributed by atoms with van der Waals surface area (Å²) in [6.07, 6.45) is 1.79. The summed E-state index contributed by atoms with van der Waals surface area (Å²) in [7, 11) is 3.18. The molecule has 1 aliphatic carbocycles. The van der Waals surface area contributed by atoms with E-state index in [2.05, 4.69) is 0 Å². The normalized spacial score (nSPS) is 15.3. The van der Waals surface area contributed by atoms with E-state index in [9.17, 15) is 4.79 Å². The summed E-state index contributed by atoms with van der Waals surface area (Å²) in [6, 6.07) is 15.3. The Morgan fingerprint density at radius 1 is 1.00 bits per heavy atom. The fourth-order valence-corrected chi connectivity index (χ4v) is 2.77. The molecule has 0 aromatic heterocycles. The van der Waals surface area contributed by atoms with Crippen molar-refractivity contribution < 1.29 is 14.3 Å². The molecule has 3 rings (SSSR count). The first-order valence-electron chi connectivity index (χ1n) is 7.03. The number of benzene rings is 2. The average molecular weight is 282 g/mol. The molecule has 3 nitrogen and oxygen atoms in total. The van der Waals surface area contributed by atoms with Crippen LogP contribution in [0.2, 0.25) is 0 Å². The first-order chi connectivity index (χ1) is 10.2. The first kappa shape index (κ1) is 13.7. The van der Waals surface area contributed by atoms with Crippen molar-refractivity contribution in [3.63, 3.8) is 0 Å². The summed E-state index contributed by atoms with van der Waals surface area (Å²) >= 11 is 0. The van der Waals surface area contributed by atoms with Crippen LogP contribution in [0.5, 0.6) is 11.5 Å². The molecule has 0 unspecified atom stereocenters. The Labute approximate surface area is 124 Å². The van der Waals surface area contributed by atoms with Crippen LogP contribution in [0, 0.1) is 0 Å². The first-order valence-corrected chi connectivity index (χ1v) is 7.03. The van der Waals surface area contributed by atoms with Gasteiger partial charge in [-0.15, -0.1) is 0 Å². The van der Waals surface area contributed by atoms with Gasteiger partial charge in [0.1, 0.15) is 11.5 Å². The van der Waals surface area contributed by atoms with Gasteiger partial charge in [-0.1, -0.05) is 30.3 Å². The predicted octanol–water partition coefficient (Wildman–Crippen LogP) is 3.62. The van der Waals surface area contributed by atoms with Gasteiger partial charge >= 0.3 is 0 Å². The van der Waals surface area contributed by atoms with Gasteiger partial charge < -0.3 is 9.47 Å². The van der Waals surface area contributed by atoms with Crippen molar-refractivity contribution >= 4 is 5.78 Å². The number of rotatable bonds is 5. The Morgan fingerprint density at radius 3 is 2.29 bits per heavy atom. The second-order valence-corrected chi connectivity index (χ2v) is 5.34. The fraction of sp³-hybridized carbons (Fsp3) is 0.278. The largest absolute Gasteiger partial charge is 0.497 e. The summed E-state index contributed by atoms with van der Waals surface area (Å²) in [5.41, 5.74) is 1.34. The van der Waals surface area contributed by atoms with Crippen molar-refractivity contribution in [3.8, 4) is 11.5 Å². The van der Waals surface area contributed by atoms with E-state index in [1.165, 1.54) is 0 Å². The zero-order valence-electron chi connectivity index (χ0n) is 12.3. The maximum absolute atomic E-state index is 13.0. The van der Waals surface area contributed by atoms with Gasteiger partial charge in [0.05, 0.1) is 25.2 Å². The molecule has 1 fully saturated rings. The topological polar surface area (TPSA) is 35.5 Å². The van der Waals surface area contributed by atoms with E-state index >= 15 is 0 Å². The molecule has 3 heteroatoms. The van der Waals surface area contributed by atoms with E-state index in [1.54, 1.807) is 32.4 Å². The second kappa shape index (κ2) is 5.24. The minimum absolute atomic E-state index is 0.133. The van der Waals surface area contributed by atoms with Crippen LogP contribution >= 0.6 is 0 Å². The lowest BCUT2D eigenvalue weighted by Gasteiger charge is -2.17. The molecule has 0 N–H and O–H groups in total. The minimum atomic E-state index is -0.372. The van der Waals surface area contributed by atoms with E-state index in [1.807, 2.05) is 30.3 Å². The number of Topliss-reactive ketones (excluding diaryl/α,β-unsaturated/α-hetero) is 1. The molecule has 2 aromatic rings. The van der Waals surface area contributed by atoms with E-state index < -0.39 is 0 Å². The molecule has 1 saturated carbocycles. The summed E-state index contributed by atoms with van der Waals surface area (Å²) in [5.74, 6) is 1.39. The zero-order chi connectivity index (χ0) is 14.9. The maximum Gasteiger partial charge on any atom is 0.177 e. The molecule has 0 atom stereocenters. The smallest absolute Gasteiger partial charge is 0.177 e. The van der Waals surface area contributed by atoms with Crippen molar-refractivity contribution in [3.05, 3.63) is 59.7 Å². The van der Waals surface area contributed by atoms with Crippen molar-refractivity contribution in [1.29, 1.82) is 0 Å². The van der Waals surface area contributed by atoms with Crippen molar-refractivity contribution in [2.24, 2.45) is 0 Å². The molecule has 0 bridgehead atoms. The Balaban J connectivity index is 2.00. The summed E-state index contributed by atoms with van der Waals surface area (Å²) in [6.45, 7) is 0. The number of ether oxygens (including phenoxy) is 2. The SMILES string of the molecule is COc1ccc(C(=O)C2(c3ccccc3)CC2)c(OC)c1. The molecule has 0 spiro atoms. The fourth-order valence-electron chi connectivity index (χ4n) is 2.77. The summed E-state index contributed by atoms with van der Waals surface area (Å²) in [5, 5.41) is 0. The highest BCUT2D eigenvalue weighted by molar-refractivity contribution is 6.08. The molecule has 2 aromatic carbocycles. The number of carbonyl (C=O) groups is 1. The van der Waals surface area contributed by atoms with Gasteiger partial charge in [0.2, 0.25) is 0 Å². The van der Waals surface area contributed by atoms with Gasteiger partial charge in [-0.05, 0) is 30.5 Å². The highest BCUT2D eigenvalue weighted by atomic mass is 16.5. The average Bonchev–Trinajstić information content (AvgIpc) is 3.36. The van der Waals surface area contributed by atoms with Gasteiger partial charge in [0, 0.05) is 6.07 Å². The number of hydrogen-bond acceptors (Lipinski definition) is 3. The molecule has 0 saturated heterocycles. The van der Waals surface area contributed by atoms with Gasteiger partial charge in [0.15, 0.2) is 5.78 Å². The van der Waals surface area contributed by atoms with E-state index in [0.29, 0.717) is 17.1 Å². The van der Waals surface area contributed by atoms with Crippen molar-refractivity contribution in [1.82, 2.24) is 0 Å². The van der Waals surface area contributed by atoms with Gasteiger partial charge in [-0.3, -0.25) is 4.79 Å². The third-order valence-corrected chi connectivity index (χ3v) is 4.16. The Hall–Kier alpha value is -2.29. The van der Waals surface area contributed by atoms with Crippen molar-refractivity contribution in [2.45, 2.75) is 18.3 Å². The third-order valence-electron chi connectivity index (χ3n) is 4.16. The van der Waals surface area contributed by atoms with Gasteiger partial charge in [-0.2, -0.15) is 0 Å². The number of hydrogen-bond donors (Lipinski definition) is 0. The van der Waals surface area contributed by atoms with Crippen LogP contribution in [-0.2, 0) is 5.41 Å². The lowest BCUT2D eigenvalue weighted by atomic mass is 9.87. The Morgan fingerprint density at radius 2 is 1.71 bits per heavy atom. The standard InChI is InChI=1S/C18H18O3/c1-20-14-8-9-15(16(12-14)21-2)17(19)18(10-11-18)13-6-4-3-5-7-13/h3-9,12H,10-11H2,1-2H3. The lowest BCUT2D eigenvalue weighted by molar-refractivity contribution is 0.0943. The Kier molecular flexibility index (Phi) is 3.42. The van der Waals surface area contributed by atoms with Gasteiger partial charge in [-0.25, -0.2) is 0 Å². The molecule has 0 amide bonds. The summed E-state index contributed by atoms with van der Waals surface area (Å²) in [4.78, 5) is 13.0. The lowest BCUT2D eigenvalue weighted by Crippen LogP contribution is -2.21. The maximum atomic E-state index is 13.0. The molecule has 0 heterocycles. The minimum Gasteiger partial charge on any atom is -0.497 e. The molecule has 0 aliphatic heterocycles. The van der Waals surface area contributed by atoms with Crippen LogP contribution in [0.1, 0.15) is 28.8 Å². The number of carbonyl (C=O) groups excluding carboxylic acids is 1. The molecular weight excluding hydrogens is 264 g/mol.